The highest BCUT2D eigenvalue weighted by Crippen LogP contribution is 2.32. The molecule has 1 aliphatic heterocycles. The third-order valence-electron chi connectivity index (χ3n) is 3.12. The average molecular weight is 265 g/mol. The summed E-state index contributed by atoms with van der Waals surface area (Å²) >= 11 is 1.81. The Morgan fingerprint density at radius 2 is 2.33 bits per heavy atom. The quantitative estimate of drug-likeness (QED) is 0.715. The minimum Gasteiger partial charge on any atom is -0.397 e. The molecule has 0 bridgehead atoms. The van der Waals surface area contributed by atoms with Crippen LogP contribution in [0.3, 0.4) is 0 Å². The Bertz CT molecular complexity index is 462. The number of carbonyl (C=O) groups is 1. The number of carbonyl (C=O) groups excluding carboxylic acids is 1. The van der Waals surface area contributed by atoms with E-state index in [1.807, 2.05) is 23.9 Å². The van der Waals surface area contributed by atoms with Crippen molar-refractivity contribution in [1.29, 1.82) is 0 Å². The number of rotatable bonds is 5. The van der Waals surface area contributed by atoms with Crippen molar-refractivity contribution in [2.75, 3.05) is 28.4 Å². The molecule has 18 heavy (non-hydrogen) atoms. The molecule has 0 radical (unpaired) electrons. The van der Waals surface area contributed by atoms with Gasteiger partial charge >= 0.3 is 0 Å². The normalized spacial score (nSPS) is 15.1. The third-order valence-corrected chi connectivity index (χ3v) is 3.86. The van der Waals surface area contributed by atoms with Crippen molar-refractivity contribution in [2.24, 2.45) is 0 Å². The molecule has 1 aromatic carbocycles. The lowest BCUT2D eigenvalue weighted by Crippen LogP contribution is -2.21. The van der Waals surface area contributed by atoms with Gasteiger partial charge in [0.1, 0.15) is 0 Å². The van der Waals surface area contributed by atoms with E-state index in [0.717, 1.165) is 29.1 Å². The zero-order valence-electron chi connectivity index (χ0n) is 10.7. The molecule has 2 rings (SSSR count). The molecule has 5 heteroatoms. The first-order valence-corrected chi connectivity index (χ1v) is 7.51. The SMILES string of the molecule is CCC(CSC)Nc1cc2c(cc1N)CC(=O)N2. The molecular weight excluding hydrogens is 246 g/mol. The van der Waals surface area contributed by atoms with Gasteiger partial charge in [-0.1, -0.05) is 6.92 Å². The Balaban J connectivity index is 2.19. The molecule has 1 amide bonds. The Hall–Kier alpha value is -1.36. The third kappa shape index (κ3) is 2.72. The molecule has 1 unspecified atom stereocenters. The summed E-state index contributed by atoms with van der Waals surface area (Å²) in [5.41, 5.74) is 9.53. The topological polar surface area (TPSA) is 67.1 Å². The van der Waals surface area contributed by atoms with E-state index >= 15 is 0 Å². The van der Waals surface area contributed by atoms with Crippen molar-refractivity contribution in [3.63, 3.8) is 0 Å². The smallest absolute Gasteiger partial charge is 0.228 e. The second kappa shape index (κ2) is 5.52. The summed E-state index contributed by atoms with van der Waals surface area (Å²) in [6, 6.07) is 4.23. The lowest BCUT2D eigenvalue weighted by atomic mass is 10.1. The molecule has 1 atom stereocenters. The first-order valence-electron chi connectivity index (χ1n) is 6.11. The number of nitrogens with two attached hydrogens (primary N) is 1. The molecular formula is C13H19N3OS. The zero-order valence-corrected chi connectivity index (χ0v) is 11.6. The fourth-order valence-corrected chi connectivity index (χ4v) is 2.82. The van der Waals surface area contributed by atoms with E-state index in [4.69, 9.17) is 5.73 Å². The summed E-state index contributed by atoms with van der Waals surface area (Å²) in [4.78, 5) is 11.3. The molecule has 0 aromatic heterocycles. The first kappa shape index (κ1) is 13.1. The summed E-state index contributed by atoms with van der Waals surface area (Å²) < 4.78 is 0. The van der Waals surface area contributed by atoms with Gasteiger partial charge in [-0.2, -0.15) is 11.8 Å². The van der Waals surface area contributed by atoms with E-state index in [0.29, 0.717) is 18.2 Å². The predicted molar refractivity (Wildman–Crippen MR) is 79.3 cm³/mol. The van der Waals surface area contributed by atoms with Crippen LogP contribution in [-0.2, 0) is 11.2 Å². The fourth-order valence-electron chi connectivity index (χ4n) is 2.10. The molecule has 1 heterocycles. The van der Waals surface area contributed by atoms with Crippen molar-refractivity contribution < 1.29 is 4.79 Å². The van der Waals surface area contributed by atoms with E-state index in [-0.39, 0.29) is 5.91 Å². The first-order chi connectivity index (χ1) is 8.63. The van der Waals surface area contributed by atoms with Crippen LogP contribution in [-0.4, -0.2) is 24.0 Å². The van der Waals surface area contributed by atoms with Gasteiger partial charge in [0.15, 0.2) is 0 Å². The number of hydrogen-bond acceptors (Lipinski definition) is 4. The Morgan fingerprint density at radius 1 is 1.56 bits per heavy atom. The van der Waals surface area contributed by atoms with E-state index < -0.39 is 0 Å². The molecule has 0 saturated carbocycles. The largest absolute Gasteiger partial charge is 0.397 e. The highest BCUT2D eigenvalue weighted by molar-refractivity contribution is 7.98. The van der Waals surface area contributed by atoms with Crippen LogP contribution in [0, 0.1) is 0 Å². The Labute approximate surface area is 112 Å². The van der Waals surface area contributed by atoms with Crippen molar-refractivity contribution in [3.8, 4) is 0 Å². The number of fused-ring (bicyclic) bond motifs is 1. The maximum absolute atomic E-state index is 11.3. The van der Waals surface area contributed by atoms with Crippen LogP contribution in [0.2, 0.25) is 0 Å². The zero-order chi connectivity index (χ0) is 13.1. The summed E-state index contributed by atoms with van der Waals surface area (Å²) in [5, 5.41) is 6.29. The van der Waals surface area contributed by atoms with Crippen LogP contribution >= 0.6 is 11.8 Å². The van der Waals surface area contributed by atoms with Gasteiger partial charge in [0.05, 0.1) is 17.8 Å². The van der Waals surface area contributed by atoms with Crippen molar-refractivity contribution >= 4 is 34.7 Å². The molecule has 4 N–H and O–H groups in total. The minimum atomic E-state index is 0.0395. The van der Waals surface area contributed by atoms with Gasteiger partial charge < -0.3 is 16.4 Å². The second-order valence-electron chi connectivity index (χ2n) is 4.53. The van der Waals surface area contributed by atoms with E-state index in [1.54, 1.807) is 0 Å². The summed E-state index contributed by atoms with van der Waals surface area (Å²) in [6.45, 7) is 2.15. The van der Waals surface area contributed by atoms with Gasteiger partial charge in [-0.15, -0.1) is 0 Å². The number of hydrogen-bond donors (Lipinski definition) is 3. The number of amides is 1. The van der Waals surface area contributed by atoms with Crippen LogP contribution in [0.1, 0.15) is 18.9 Å². The van der Waals surface area contributed by atoms with Crippen molar-refractivity contribution in [3.05, 3.63) is 17.7 Å². The number of nitrogen functional groups attached to an aromatic ring is 1. The van der Waals surface area contributed by atoms with Gasteiger partial charge in [0.2, 0.25) is 5.91 Å². The minimum absolute atomic E-state index is 0.0395. The summed E-state index contributed by atoms with van der Waals surface area (Å²) in [5.74, 6) is 1.08. The van der Waals surface area contributed by atoms with Gasteiger partial charge in [-0.05, 0) is 30.4 Å². The van der Waals surface area contributed by atoms with E-state index in [1.165, 1.54) is 0 Å². The maximum Gasteiger partial charge on any atom is 0.228 e. The second-order valence-corrected chi connectivity index (χ2v) is 5.44. The number of nitrogens with one attached hydrogen (secondary N) is 2. The van der Waals surface area contributed by atoms with Crippen LogP contribution in [0.15, 0.2) is 12.1 Å². The lowest BCUT2D eigenvalue weighted by Gasteiger charge is -2.19. The average Bonchev–Trinajstić information content (AvgIpc) is 2.68. The number of benzene rings is 1. The standard InChI is InChI=1S/C13H19N3OS/c1-3-9(7-18-2)15-12-6-11-8(4-10(12)14)5-13(17)16-11/h4,6,9,15H,3,5,7,14H2,1-2H3,(H,16,17). The molecule has 0 aliphatic carbocycles. The molecule has 0 fully saturated rings. The van der Waals surface area contributed by atoms with Crippen LogP contribution < -0.4 is 16.4 Å². The molecule has 98 valence electrons. The van der Waals surface area contributed by atoms with Crippen molar-refractivity contribution in [1.82, 2.24) is 0 Å². The van der Waals surface area contributed by atoms with Crippen LogP contribution in [0.5, 0.6) is 0 Å². The van der Waals surface area contributed by atoms with Gasteiger partial charge in [-0.3, -0.25) is 4.79 Å². The molecule has 0 spiro atoms. The molecule has 0 saturated heterocycles. The molecule has 1 aromatic rings. The van der Waals surface area contributed by atoms with Gasteiger partial charge in [-0.25, -0.2) is 0 Å². The van der Waals surface area contributed by atoms with Crippen LogP contribution in [0.25, 0.3) is 0 Å². The van der Waals surface area contributed by atoms with E-state index in [2.05, 4.69) is 23.8 Å². The highest BCUT2D eigenvalue weighted by Gasteiger charge is 2.19. The fraction of sp³-hybridized carbons (Fsp3) is 0.462. The van der Waals surface area contributed by atoms with E-state index in [9.17, 15) is 4.79 Å². The van der Waals surface area contributed by atoms with Crippen molar-refractivity contribution in [2.45, 2.75) is 25.8 Å². The summed E-state index contributed by atoms with van der Waals surface area (Å²) in [7, 11) is 0. The number of thioether (sulfide) groups is 1. The number of anilines is 3. The highest BCUT2D eigenvalue weighted by atomic mass is 32.2. The predicted octanol–water partition coefficient (Wildman–Crippen LogP) is 2.32. The lowest BCUT2D eigenvalue weighted by molar-refractivity contribution is -0.115. The monoisotopic (exact) mass is 265 g/mol. The summed E-state index contributed by atoms with van der Waals surface area (Å²) in [6.07, 6.45) is 3.57. The van der Waals surface area contributed by atoms with Gasteiger partial charge in [0, 0.05) is 17.5 Å². The maximum atomic E-state index is 11.3. The van der Waals surface area contributed by atoms with Gasteiger partial charge in [0.25, 0.3) is 0 Å². The molecule has 4 nitrogen and oxygen atoms in total. The van der Waals surface area contributed by atoms with Crippen LogP contribution in [0.4, 0.5) is 17.1 Å². The Morgan fingerprint density at radius 3 is 3.00 bits per heavy atom. The molecule has 1 aliphatic rings. The Kier molecular flexibility index (Phi) is 4.01.